The third-order valence-corrected chi connectivity index (χ3v) is 4.95. The molecule has 3 rings (SSSR count). The number of nitrogens with one attached hydrogen (secondary N) is 1. The van der Waals surface area contributed by atoms with Gasteiger partial charge in [-0.25, -0.2) is 4.39 Å². The zero-order chi connectivity index (χ0) is 17.8. The van der Waals surface area contributed by atoms with Crippen molar-refractivity contribution in [2.45, 2.75) is 13.2 Å². The van der Waals surface area contributed by atoms with Gasteiger partial charge in [-0.2, -0.15) is 0 Å². The van der Waals surface area contributed by atoms with Gasteiger partial charge in [-0.15, -0.1) is 11.3 Å². The molecular weight excluding hydrogens is 341 g/mol. The number of carbonyl (C=O) groups excluding carboxylic acids is 1. The van der Waals surface area contributed by atoms with Crippen LogP contribution in [0.4, 0.5) is 10.1 Å². The van der Waals surface area contributed by atoms with Crippen LogP contribution in [-0.2, 0) is 22.7 Å². The maximum absolute atomic E-state index is 14.2. The zero-order valence-electron chi connectivity index (χ0n) is 14.0. The summed E-state index contributed by atoms with van der Waals surface area (Å²) in [5.74, 6) is -0.621. The van der Waals surface area contributed by atoms with Crippen LogP contribution in [0.2, 0.25) is 0 Å². The molecule has 3 aromatic rings. The molecule has 0 aliphatic heterocycles. The maximum atomic E-state index is 14.2. The highest BCUT2D eigenvalue weighted by Crippen LogP contribution is 2.34. The zero-order valence-corrected chi connectivity index (χ0v) is 14.8. The van der Waals surface area contributed by atoms with Crippen molar-refractivity contribution in [1.82, 2.24) is 0 Å². The molecule has 0 spiro atoms. The van der Waals surface area contributed by atoms with Gasteiger partial charge in [0, 0.05) is 35.6 Å². The number of hydrogen-bond donors (Lipinski definition) is 1. The number of carbonyl (C=O) groups is 1. The summed E-state index contributed by atoms with van der Waals surface area (Å²) < 4.78 is 25.2. The molecule has 6 heteroatoms. The number of fused-ring (bicyclic) bond motifs is 1. The van der Waals surface area contributed by atoms with Gasteiger partial charge in [0.2, 0.25) is 0 Å². The topological polar surface area (TPSA) is 47.6 Å². The van der Waals surface area contributed by atoms with Crippen LogP contribution < -0.4 is 5.32 Å². The van der Waals surface area contributed by atoms with Crippen molar-refractivity contribution in [3.05, 3.63) is 64.3 Å². The van der Waals surface area contributed by atoms with Crippen molar-refractivity contribution < 1.29 is 18.7 Å². The highest BCUT2D eigenvalue weighted by molar-refractivity contribution is 7.21. The molecule has 4 nitrogen and oxygen atoms in total. The van der Waals surface area contributed by atoms with Crippen molar-refractivity contribution in [2.75, 3.05) is 19.5 Å². The van der Waals surface area contributed by atoms with Crippen LogP contribution in [0.1, 0.15) is 20.8 Å². The Balaban J connectivity index is 1.95. The number of thiophene rings is 1. The minimum Gasteiger partial charge on any atom is -0.380 e. The van der Waals surface area contributed by atoms with E-state index in [1.807, 2.05) is 18.2 Å². The molecule has 1 N–H and O–H groups in total. The van der Waals surface area contributed by atoms with Crippen LogP contribution >= 0.6 is 11.3 Å². The smallest absolute Gasteiger partial charge is 0.266 e. The Morgan fingerprint density at radius 1 is 1.12 bits per heavy atom. The van der Waals surface area contributed by atoms with Crippen LogP contribution in [0, 0.1) is 5.82 Å². The quantitative estimate of drug-likeness (QED) is 0.700. The summed E-state index contributed by atoms with van der Waals surface area (Å²) in [4.78, 5) is 13.2. The predicted octanol–water partition coefficient (Wildman–Crippen LogP) is 4.59. The van der Waals surface area contributed by atoms with E-state index >= 15 is 0 Å². The highest BCUT2D eigenvalue weighted by atomic mass is 32.1. The average Bonchev–Trinajstić information content (AvgIpc) is 2.96. The molecule has 0 bridgehead atoms. The summed E-state index contributed by atoms with van der Waals surface area (Å²) in [6, 6.07) is 12.3. The molecule has 130 valence electrons. The van der Waals surface area contributed by atoms with E-state index in [0.29, 0.717) is 28.1 Å². The Bertz CT molecular complexity index is 907. The average molecular weight is 359 g/mol. The number of benzene rings is 2. The Morgan fingerprint density at radius 3 is 2.64 bits per heavy atom. The van der Waals surface area contributed by atoms with Gasteiger partial charge < -0.3 is 14.8 Å². The number of methoxy groups -OCH3 is 2. The van der Waals surface area contributed by atoms with Crippen LogP contribution in [0.15, 0.2) is 42.5 Å². The molecule has 0 fully saturated rings. The van der Waals surface area contributed by atoms with Gasteiger partial charge >= 0.3 is 0 Å². The van der Waals surface area contributed by atoms with E-state index in [0.717, 1.165) is 10.3 Å². The number of halogens is 1. The van der Waals surface area contributed by atoms with E-state index < -0.39 is 0 Å². The van der Waals surface area contributed by atoms with Gasteiger partial charge in [-0.1, -0.05) is 18.2 Å². The molecule has 1 aromatic heterocycles. The Morgan fingerprint density at radius 2 is 1.88 bits per heavy atom. The number of hydrogen-bond acceptors (Lipinski definition) is 4. The van der Waals surface area contributed by atoms with E-state index in [2.05, 4.69) is 5.32 Å². The first kappa shape index (κ1) is 17.5. The minimum absolute atomic E-state index is 0.174. The lowest BCUT2D eigenvalue weighted by molar-refractivity contribution is 0.102. The fourth-order valence-corrected chi connectivity index (χ4v) is 3.84. The third kappa shape index (κ3) is 3.71. The second-order valence-electron chi connectivity index (χ2n) is 5.54. The van der Waals surface area contributed by atoms with Gasteiger partial charge in [0.1, 0.15) is 5.82 Å². The summed E-state index contributed by atoms with van der Waals surface area (Å²) in [7, 11) is 3.15. The molecule has 0 aliphatic carbocycles. The first-order valence-electron chi connectivity index (χ1n) is 7.72. The molecular formula is C19H18FNO3S. The second-order valence-corrected chi connectivity index (χ2v) is 6.60. The largest absolute Gasteiger partial charge is 0.380 e. The molecule has 1 heterocycles. The Labute approximate surface area is 149 Å². The van der Waals surface area contributed by atoms with Crippen LogP contribution in [-0.4, -0.2) is 20.1 Å². The monoisotopic (exact) mass is 359 g/mol. The summed E-state index contributed by atoms with van der Waals surface area (Å²) in [5, 5.41) is 3.33. The Hall–Kier alpha value is -2.28. The highest BCUT2D eigenvalue weighted by Gasteiger charge is 2.20. The Kier molecular flexibility index (Phi) is 5.43. The summed E-state index contributed by atoms with van der Waals surface area (Å²) in [6.07, 6.45) is 0. The van der Waals surface area contributed by atoms with Crippen LogP contribution in [0.25, 0.3) is 10.1 Å². The number of anilines is 1. The van der Waals surface area contributed by atoms with Gasteiger partial charge in [-0.3, -0.25) is 4.79 Å². The van der Waals surface area contributed by atoms with E-state index in [1.165, 1.54) is 24.5 Å². The molecule has 0 atom stereocenters. The maximum Gasteiger partial charge on any atom is 0.266 e. The van der Waals surface area contributed by atoms with Gasteiger partial charge in [0.25, 0.3) is 5.91 Å². The summed E-state index contributed by atoms with van der Waals surface area (Å²) in [5.41, 5.74) is 2.20. The van der Waals surface area contributed by atoms with E-state index in [4.69, 9.17) is 9.47 Å². The van der Waals surface area contributed by atoms with Crippen LogP contribution in [0.5, 0.6) is 0 Å². The number of rotatable bonds is 6. The molecule has 0 saturated heterocycles. The predicted molar refractivity (Wildman–Crippen MR) is 97.6 cm³/mol. The van der Waals surface area contributed by atoms with E-state index in [1.54, 1.807) is 25.3 Å². The first-order valence-corrected chi connectivity index (χ1v) is 8.53. The second kappa shape index (κ2) is 7.74. The molecule has 1 amide bonds. The molecule has 0 saturated carbocycles. The minimum atomic E-state index is -0.345. The number of ether oxygens (including phenoxy) is 2. The van der Waals surface area contributed by atoms with E-state index in [9.17, 15) is 9.18 Å². The fourth-order valence-electron chi connectivity index (χ4n) is 2.73. The molecule has 0 unspecified atom stereocenters. The molecule has 0 radical (unpaired) electrons. The molecule has 25 heavy (non-hydrogen) atoms. The van der Waals surface area contributed by atoms with Gasteiger partial charge in [0.15, 0.2) is 0 Å². The molecule has 0 aliphatic rings. The fraction of sp³-hybridized carbons (Fsp3) is 0.211. The lowest BCUT2D eigenvalue weighted by Crippen LogP contribution is -2.12. The lowest BCUT2D eigenvalue weighted by Gasteiger charge is -2.08. The van der Waals surface area contributed by atoms with Gasteiger partial charge in [-0.05, 0) is 29.8 Å². The van der Waals surface area contributed by atoms with Crippen molar-refractivity contribution in [3.63, 3.8) is 0 Å². The molecule has 2 aromatic carbocycles. The lowest BCUT2D eigenvalue weighted by atomic mass is 10.1. The van der Waals surface area contributed by atoms with Crippen molar-refractivity contribution in [3.8, 4) is 0 Å². The van der Waals surface area contributed by atoms with Crippen molar-refractivity contribution in [1.29, 1.82) is 0 Å². The standard InChI is InChI=1S/C19H18FNO3S/c1-23-10-12-5-3-6-13(9-12)21-19(22)18-14(11-24-2)17-15(20)7-4-8-16(17)25-18/h3-9H,10-11H2,1-2H3,(H,21,22). The third-order valence-electron chi connectivity index (χ3n) is 3.75. The summed E-state index contributed by atoms with van der Waals surface area (Å²) >= 11 is 1.26. The van der Waals surface area contributed by atoms with Crippen molar-refractivity contribution >= 4 is 33.0 Å². The SMILES string of the molecule is COCc1cccc(NC(=O)c2sc3cccc(F)c3c2COC)c1. The summed E-state index contributed by atoms with van der Waals surface area (Å²) in [6.45, 7) is 0.639. The normalized spacial score (nSPS) is 11.0. The van der Waals surface area contributed by atoms with Crippen molar-refractivity contribution in [2.24, 2.45) is 0 Å². The van der Waals surface area contributed by atoms with E-state index in [-0.39, 0.29) is 18.3 Å². The first-order chi connectivity index (χ1) is 12.1. The number of amides is 1. The van der Waals surface area contributed by atoms with Crippen LogP contribution in [0.3, 0.4) is 0 Å². The van der Waals surface area contributed by atoms with Gasteiger partial charge in [0.05, 0.1) is 18.1 Å².